The average molecular weight is 148 g/mol. The number of rotatable bonds is 1. The van der Waals surface area contributed by atoms with Crippen LogP contribution in [0.3, 0.4) is 0 Å². The summed E-state index contributed by atoms with van der Waals surface area (Å²) in [7, 11) is 0. The van der Waals surface area contributed by atoms with Crippen LogP contribution in [0, 0.1) is 0 Å². The first-order chi connectivity index (χ1) is 4.50. The van der Waals surface area contributed by atoms with Crippen molar-refractivity contribution in [1.82, 2.24) is 0 Å². The smallest absolute Gasteiger partial charge is 0.404 e. The van der Waals surface area contributed by atoms with Crippen LogP contribution in [0.4, 0.5) is 4.79 Å². The van der Waals surface area contributed by atoms with Crippen LogP contribution in [0.1, 0.15) is 13.8 Å². The van der Waals surface area contributed by atoms with E-state index in [9.17, 15) is 9.59 Å². The second kappa shape index (κ2) is 7.74. The summed E-state index contributed by atoms with van der Waals surface area (Å²) in [5.74, 6) is -0.333. The molecule has 2 amide bonds. The maximum Gasteiger partial charge on any atom is 0.404 e. The molecule has 0 saturated carbocycles. The van der Waals surface area contributed by atoms with Gasteiger partial charge in [-0.2, -0.15) is 0 Å². The molecule has 5 nitrogen and oxygen atoms in total. The molecule has 0 unspecified atom stereocenters. The molecule has 0 rings (SSSR count). The third kappa shape index (κ3) is 73.3. The van der Waals surface area contributed by atoms with Gasteiger partial charge in [0.25, 0.3) is 0 Å². The molecule has 0 aromatic rings. The molecule has 0 aliphatic carbocycles. The molecule has 0 atom stereocenters. The summed E-state index contributed by atoms with van der Waals surface area (Å²) in [5.41, 5.74) is 9.01. The van der Waals surface area contributed by atoms with Gasteiger partial charge in [0.05, 0.1) is 6.61 Å². The number of primary amides is 2. The predicted octanol–water partition coefficient (Wildman–Crippen LogP) is -0.407. The van der Waals surface area contributed by atoms with Crippen LogP contribution in [-0.4, -0.2) is 18.6 Å². The summed E-state index contributed by atoms with van der Waals surface area (Å²) in [6.07, 6.45) is -0.711. The number of ether oxygens (including phenoxy) is 1. The Morgan fingerprint density at radius 3 is 1.70 bits per heavy atom. The number of carbonyl (C=O) groups excluding carboxylic acids is 2. The summed E-state index contributed by atoms with van der Waals surface area (Å²) in [6, 6.07) is 0. The quantitative estimate of drug-likeness (QED) is 0.529. The lowest BCUT2D eigenvalue weighted by Gasteiger charge is -1.89. The molecule has 0 aromatic heterocycles. The molecule has 0 aromatic carbocycles. The summed E-state index contributed by atoms with van der Waals surface area (Å²) >= 11 is 0. The van der Waals surface area contributed by atoms with Gasteiger partial charge in [-0.1, -0.05) is 0 Å². The first-order valence-corrected chi connectivity index (χ1v) is 2.69. The zero-order valence-corrected chi connectivity index (χ0v) is 6.09. The van der Waals surface area contributed by atoms with Crippen molar-refractivity contribution in [3.8, 4) is 0 Å². The maximum atomic E-state index is 9.60. The SMILES string of the molecule is CC(N)=O.CCOC(N)=O. The molecule has 0 spiro atoms. The van der Waals surface area contributed by atoms with Crippen LogP contribution in [0.25, 0.3) is 0 Å². The van der Waals surface area contributed by atoms with Gasteiger partial charge in [0, 0.05) is 6.92 Å². The van der Waals surface area contributed by atoms with Crippen molar-refractivity contribution in [2.45, 2.75) is 13.8 Å². The van der Waals surface area contributed by atoms with Crippen LogP contribution in [0.15, 0.2) is 0 Å². The van der Waals surface area contributed by atoms with Crippen LogP contribution < -0.4 is 11.5 Å². The Balaban J connectivity index is 0. The highest BCUT2D eigenvalue weighted by atomic mass is 16.5. The zero-order chi connectivity index (χ0) is 8.57. The van der Waals surface area contributed by atoms with Crippen molar-refractivity contribution in [3.05, 3.63) is 0 Å². The van der Waals surface area contributed by atoms with Gasteiger partial charge in [0.2, 0.25) is 5.91 Å². The summed E-state index contributed by atoms with van der Waals surface area (Å²) in [4.78, 5) is 18.8. The van der Waals surface area contributed by atoms with Crippen molar-refractivity contribution in [1.29, 1.82) is 0 Å². The van der Waals surface area contributed by atoms with E-state index in [4.69, 9.17) is 0 Å². The molecular weight excluding hydrogens is 136 g/mol. The highest BCUT2D eigenvalue weighted by Gasteiger charge is 1.82. The van der Waals surface area contributed by atoms with E-state index in [2.05, 4.69) is 16.2 Å². The molecule has 5 heteroatoms. The minimum Gasteiger partial charge on any atom is -0.450 e. The third-order valence-electron chi connectivity index (χ3n) is 0.287. The summed E-state index contributed by atoms with van der Waals surface area (Å²) < 4.78 is 4.18. The Labute approximate surface area is 59.3 Å². The van der Waals surface area contributed by atoms with Crippen LogP contribution in [0.2, 0.25) is 0 Å². The largest absolute Gasteiger partial charge is 0.450 e. The minimum absolute atomic E-state index is 0.333. The van der Waals surface area contributed by atoms with Gasteiger partial charge >= 0.3 is 6.09 Å². The fourth-order valence-electron chi connectivity index (χ4n) is 0.142. The van der Waals surface area contributed by atoms with Gasteiger partial charge in [-0.3, -0.25) is 4.79 Å². The van der Waals surface area contributed by atoms with E-state index in [1.807, 2.05) is 0 Å². The molecule has 0 saturated heterocycles. The van der Waals surface area contributed by atoms with Gasteiger partial charge < -0.3 is 16.2 Å². The van der Waals surface area contributed by atoms with Crippen molar-refractivity contribution in [3.63, 3.8) is 0 Å². The topological polar surface area (TPSA) is 95.4 Å². The first kappa shape index (κ1) is 11.5. The molecule has 0 bridgehead atoms. The minimum atomic E-state index is -0.711. The monoisotopic (exact) mass is 148 g/mol. The van der Waals surface area contributed by atoms with E-state index in [-0.39, 0.29) is 5.91 Å². The van der Waals surface area contributed by atoms with Crippen molar-refractivity contribution in [2.75, 3.05) is 6.61 Å². The molecule has 60 valence electrons. The zero-order valence-electron chi connectivity index (χ0n) is 6.09. The van der Waals surface area contributed by atoms with Gasteiger partial charge in [-0.05, 0) is 6.92 Å². The lowest BCUT2D eigenvalue weighted by molar-refractivity contribution is -0.115. The first-order valence-electron chi connectivity index (χ1n) is 2.69. The van der Waals surface area contributed by atoms with Crippen LogP contribution >= 0.6 is 0 Å². The molecule has 0 heterocycles. The number of hydrogen-bond acceptors (Lipinski definition) is 3. The molecule has 0 aliphatic rings. The molecule has 0 aliphatic heterocycles. The van der Waals surface area contributed by atoms with E-state index in [0.29, 0.717) is 6.61 Å². The molecule has 10 heavy (non-hydrogen) atoms. The highest BCUT2D eigenvalue weighted by Crippen LogP contribution is 1.66. The second-order valence-corrected chi connectivity index (χ2v) is 1.36. The van der Waals surface area contributed by atoms with Gasteiger partial charge in [-0.15, -0.1) is 0 Å². The molecule has 4 N–H and O–H groups in total. The van der Waals surface area contributed by atoms with E-state index < -0.39 is 6.09 Å². The Morgan fingerprint density at radius 1 is 1.40 bits per heavy atom. The number of hydrogen-bond donors (Lipinski definition) is 2. The van der Waals surface area contributed by atoms with Crippen molar-refractivity contribution in [2.24, 2.45) is 11.5 Å². The normalized spacial score (nSPS) is 7.00. The van der Waals surface area contributed by atoms with E-state index in [0.717, 1.165) is 0 Å². The van der Waals surface area contributed by atoms with Crippen LogP contribution in [-0.2, 0) is 9.53 Å². The summed E-state index contributed by atoms with van der Waals surface area (Å²) in [5, 5.41) is 0. The Morgan fingerprint density at radius 2 is 1.70 bits per heavy atom. The lowest BCUT2D eigenvalue weighted by Crippen LogP contribution is -2.11. The molecule has 0 radical (unpaired) electrons. The lowest BCUT2D eigenvalue weighted by atomic mass is 10.8. The number of carbonyl (C=O) groups is 2. The molecule has 0 fully saturated rings. The van der Waals surface area contributed by atoms with E-state index >= 15 is 0 Å². The van der Waals surface area contributed by atoms with Crippen molar-refractivity contribution >= 4 is 12.0 Å². The standard InChI is InChI=1S/C3H7NO2.C2H5NO/c1-2-6-3(4)5;1-2(3)4/h2H2,1H3,(H2,4,5);1H3,(H2,3,4). The maximum absolute atomic E-state index is 9.60. The van der Waals surface area contributed by atoms with Gasteiger partial charge in [0.15, 0.2) is 0 Å². The Hall–Kier alpha value is -1.26. The molecular formula is C5H12N2O3. The fraction of sp³-hybridized carbons (Fsp3) is 0.600. The Kier molecular flexibility index (Phi) is 8.92. The van der Waals surface area contributed by atoms with Crippen molar-refractivity contribution < 1.29 is 14.3 Å². The Bertz CT molecular complexity index is 109. The van der Waals surface area contributed by atoms with Gasteiger partial charge in [-0.25, -0.2) is 4.79 Å². The van der Waals surface area contributed by atoms with Crippen LogP contribution in [0.5, 0.6) is 0 Å². The second-order valence-electron chi connectivity index (χ2n) is 1.36. The fourth-order valence-corrected chi connectivity index (χ4v) is 0.142. The highest BCUT2D eigenvalue weighted by molar-refractivity contribution is 5.70. The average Bonchev–Trinajstić information content (AvgIpc) is 1.62. The predicted molar refractivity (Wildman–Crippen MR) is 36.1 cm³/mol. The third-order valence-corrected chi connectivity index (χ3v) is 0.287. The number of amides is 2. The summed E-state index contributed by atoms with van der Waals surface area (Å²) in [6.45, 7) is 3.36. The van der Waals surface area contributed by atoms with E-state index in [1.54, 1.807) is 6.92 Å². The van der Waals surface area contributed by atoms with E-state index in [1.165, 1.54) is 6.92 Å². The van der Waals surface area contributed by atoms with Gasteiger partial charge in [0.1, 0.15) is 0 Å². The number of nitrogens with two attached hydrogens (primary N) is 2.